The summed E-state index contributed by atoms with van der Waals surface area (Å²) < 4.78 is 16.2. The lowest BCUT2D eigenvalue weighted by Crippen LogP contribution is -2.13. The van der Waals surface area contributed by atoms with Crippen LogP contribution in [0.25, 0.3) is 11.5 Å². The molecule has 164 valence electrons. The fraction of sp³-hybridized carbons (Fsp3) is 0.150. The van der Waals surface area contributed by atoms with E-state index in [9.17, 15) is 9.59 Å². The second-order valence-electron chi connectivity index (χ2n) is 6.18. The average Bonchev–Trinajstić information content (AvgIpc) is 3.55. The van der Waals surface area contributed by atoms with Crippen LogP contribution in [0.1, 0.15) is 17.4 Å². The SMILES string of the molecule is CCOc1ccc(NC(=O)CSc2nnc(NC(=O)c3cc(-c4ccco4)on3)s2)cc1. The number of benzene rings is 1. The molecule has 0 aliphatic carbocycles. The first kappa shape index (κ1) is 21.6. The van der Waals surface area contributed by atoms with Crippen LogP contribution in [-0.2, 0) is 4.79 Å². The predicted molar refractivity (Wildman–Crippen MR) is 119 cm³/mol. The Labute approximate surface area is 190 Å². The third kappa shape index (κ3) is 5.53. The molecule has 0 atom stereocenters. The Morgan fingerprint density at radius 3 is 2.72 bits per heavy atom. The fourth-order valence-corrected chi connectivity index (χ4v) is 4.07. The topological polar surface area (TPSA) is 132 Å². The quantitative estimate of drug-likeness (QED) is 0.273. The van der Waals surface area contributed by atoms with Gasteiger partial charge in [0.2, 0.25) is 16.8 Å². The third-order valence-corrected chi connectivity index (χ3v) is 5.88. The van der Waals surface area contributed by atoms with E-state index in [0.717, 1.165) is 17.1 Å². The van der Waals surface area contributed by atoms with Crippen molar-refractivity contribution in [3.8, 4) is 17.3 Å². The molecule has 0 saturated heterocycles. The normalized spacial score (nSPS) is 10.7. The van der Waals surface area contributed by atoms with Crippen LogP contribution in [0, 0.1) is 0 Å². The molecule has 1 aromatic carbocycles. The van der Waals surface area contributed by atoms with Crippen molar-refractivity contribution in [3.05, 3.63) is 54.4 Å². The van der Waals surface area contributed by atoms with Gasteiger partial charge in [0.25, 0.3) is 5.91 Å². The van der Waals surface area contributed by atoms with E-state index in [1.54, 1.807) is 36.4 Å². The molecule has 0 aliphatic rings. The van der Waals surface area contributed by atoms with E-state index in [-0.39, 0.29) is 22.5 Å². The third-order valence-electron chi connectivity index (χ3n) is 3.91. The average molecular weight is 472 g/mol. The molecule has 10 nitrogen and oxygen atoms in total. The van der Waals surface area contributed by atoms with Gasteiger partial charge in [-0.25, -0.2) is 0 Å². The molecule has 2 amide bonds. The molecule has 0 aliphatic heterocycles. The van der Waals surface area contributed by atoms with Crippen molar-refractivity contribution < 1.29 is 23.3 Å². The first-order valence-electron chi connectivity index (χ1n) is 9.41. The number of amides is 2. The summed E-state index contributed by atoms with van der Waals surface area (Å²) in [5.74, 6) is 1.01. The first-order chi connectivity index (χ1) is 15.6. The van der Waals surface area contributed by atoms with Crippen molar-refractivity contribution in [1.29, 1.82) is 0 Å². The highest BCUT2D eigenvalue weighted by molar-refractivity contribution is 8.01. The molecule has 0 unspecified atom stereocenters. The highest BCUT2D eigenvalue weighted by atomic mass is 32.2. The number of ether oxygens (including phenoxy) is 1. The number of aromatic nitrogens is 3. The Balaban J connectivity index is 1.26. The molecular formula is C20H17N5O5S2. The second kappa shape index (κ2) is 10.1. The number of carbonyl (C=O) groups is 2. The van der Waals surface area contributed by atoms with Crippen LogP contribution in [0.15, 0.2) is 62.0 Å². The number of hydrogen-bond donors (Lipinski definition) is 2. The van der Waals surface area contributed by atoms with Crippen molar-refractivity contribution in [2.24, 2.45) is 0 Å². The number of furan rings is 1. The fourth-order valence-electron chi connectivity index (χ4n) is 2.52. The van der Waals surface area contributed by atoms with Crippen LogP contribution in [-0.4, -0.2) is 39.5 Å². The Morgan fingerprint density at radius 1 is 1.12 bits per heavy atom. The van der Waals surface area contributed by atoms with E-state index in [0.29, 0.717) is 28.2 Å². The zero-order valence-corrected chi connectivity index (χ0v) is 18.4. The molecule has 2 N–H and O–H groups in total. The molecule has 4 rings (SSSR count). The maximum absolute atomic E-state index is 12.3. The molecule has 0 radical (unpaired) electrons. The van der Waals surface area contributed by atoms with E-state index in [1.807, 2.05) is 6.92 Å². The standard InChI is InChI=1S/C20H17N5O5S2/c1-2-28-13-7-5-12(6-8-13)21-17(26)11-31-20-24-23-19(32-20)22-18(27)14-10-16(30-25-14)15-4-3-9-29-15/h3-10H,2,11H2,1H3,(H,21,26)(H,22,23,27). The monoisotopic (exact) mass is 471 g/mol. The van der Waals surface area contributed by atoms with Crippen molar-refractivity contribution in [2.45, 2.75) is 11.3 Å². The van der Waals surface area contributed by atoms with Crippen molar-refractivity contribution >= 4 is 45.7 Å². The number of hydrogen-bond acceptors (Lipinski definition) is 10. The second-order valence-corrected chi connectivity index (χ2v) is 8.38. The summed E-state index contributed by atoms with van der Waals surface area (Å²) in [6.45, 7) is 2.49. The lowest BCUT2D eigenvalue weighted by Gasteiger charge is -2.06. The molecular weight excluding hydrogens is 454 g/mol. The summed E-state index contributed by atoms with van der Waals surface area (Å²) in [4.78, 5) is 24.5. The smallest absolute Gasteiger partial charge is 0.279 e. The van der Waals surface area contributed by atoms with Gasteiger partial charge in [-0.1, -0.05) is 28.3 Å². The van der Waals surface area contributed by atoms with Gasteiger partial charge in [-0.2, -0.15) is 0 Å². The van der Waals surface area contributed by atoms with E-state index >= 15 is 0 Å². The number of rotatable bonds is 9. The Kier molecular flexibility index (Phi) is 6.82. The predicted octanol–water partition coefficient (Wildman–Crippen LogP) is 4.17. The van der Waals surface area contributed by atoms with Crippen LogP contribution in [0.3, 0.4) is 0 Å². The summed E-state index contributed by atoms with van der Waals surface area (Å²) in [6, 6.07) is 12.0. The number of thioether (sulfide) groups is 1. The van der Waals surface area contributed by atoms with Crippen LogP contribution < -0.4 is 15.4 Å². The van der Waals surface area contributed by atoms with Gasteiger partial charge in [0.15, 0.2) is 15.8 Å². The van der Waals surface area contributed by atoms with E-state index in [1.165, 1.54) is 24.1 Å². The Bertz CT molecular complexity index is 1190. The number of nitrogens with zero attached hydrogens (tertiary/aromatic N) is 3. The summed E-state index contributed by atoms with van der Waals surface area (Å²) in [5, 5.41) is 17.3. The lowest BCUT2D eigenvalue weighted by atomic mass is 10.3. The zero-order chi connectivity index (χ0) is 22.3. The molecule has 0 saturated carbocycles. The summed E-state index contributed by atoms with van der Waals surface area (Å²) >= 11 is 2.37. The molecule has 0 fully saturated rings. The molecule has 12 heteroatoms. The molecule has 3 heterocycles. The van der Waals surface area contributed by atoms with E-state index in [4.69, 9.17) is 13.7 Å². The molecule has 3 aromatic heterocycles. The van der Waals surface area contributed by atoms with Gasteiger partial charge in [0.05, 0.1) is 18.6 Å². The van der Waals surface area contributed by atoms with Gasteiger partial charge in [-0.15, -0.1) is 10.2 Å². The van der Waals surface area contributed by atoms with E-state index in [2.05, 4.69) is 26.0 Å². The summed E-state index contributed by atoms with van der Waals surface area (Å²) in [7, 11) is 0. The lowest BCUT2D eigenvalue weighted by molar-refractivity contribution is -0.113. The summed E-state index contributed by atoms with van der Waals surface area (Å²) in [5.41, 5.74) is 0.751. The first-order valence-corrected chi connectivity index (χ1v) is 11.2. The highest BCUT2D eigenvalue weighted by Gasteiger charge is 2.17. The van der Waals surface area contributed by atoms with Crippen molar-refractivity contribution in [1.82, 2.24) is 15.4 Å². The van der Waals surface area contributed by atoms with Gasteiger partial charge in [0.1, 0.15) is 5.75 Å². The number of nitrogens with one attached hydrogen (secondary N) is 2. The van der Waals surface area contributed by atoms with Gasteiger partial charge in [-0.3, -0.25) is 14.9 Å². The Hall–Kier alpha value is -3.64. The highest BCUT2D eigenvalue weighted by Crippen LogP contribution is 2.27. The van der Waals surface area contributed by atoms with E-state index < -0.39 is 5.91 Å². The van der Waals surface area contributed by atoms with Gasteiger partial charge < -0.3 is 19.0 Å². The maximum Gasteiger partial charge on any atom is 0.279 e. The van der Waals surface area contributed by atoms with Crippen LogP contribution >= 0.6 is 23.1 Å². The minimum atomic E-state index is -0.493. The Morgan fingerprint density at radius 2 is 1.97 bits per heavy atom. The van der Waals surface area contributed by atoms with Crippen LogP contribution in [0.4, 0.5) is 10.8 Å². The van der Waals surface area contributed by atoms with Crippen molar-refractivity contribution in [3.63, 3.8) is 0 Å². The number of carbonyl (C=O) groups excluding carboxylic acids is 2. The summed E-state index contributed by atoms with van der Waals surface area (Å²) in [6.07, 6.45) is 1.50. The molecule has 0 bridgehead atoms. The molecule has 32 heavy (non-hydrogen) atoms. The minimum absolute atomic E-state index is 0.0792. The van der Waals surface area contributed by atoms with Crippen LogP contribution in [0.5, 0.6) is 5.75 Å². The zero-order valence-electron chi connectivity index (χ0n) is 16.7. The van der Waals surface area contributed by atoms with Gasteiger partial charge in [0, 0.05) is 11.8 Å². The largest absolute Gasteiger partial charge is 0.494 e. The van der Waals surface area contributed by atoms with Crippen molar-refractivity contribution in [2.75, 3.05) is 23.0 Å². The van der Waals surface area contributed by atoms with Crippen LogP contribution in [0.2, 0.25) is 0 Å². The number of anilines is 2. The minimum Gasteiger partial charge on any atom is -0.494 e. The molecule has 0 spiro atoms. The molecule has 4 aromatic rings. The maximum atomic E-state index is 12.3. The van der Waals surface area contributed by atoms with Gasteiger partial charge >= 0.3 is 0 Å². The van der Waals surface area contributed by atoms with Gasteiger partial charge in [-0.05, 0) is 43.3 Å².